The fourth-order valence-electron chi connectivity index (χ4n) is 1.81. The van der Waals surface area contributed by atoms with Gasteiger partial charge >= 0.3 is 0 Å². The highest BCUT2D eigenvalue weighted by Gasteiger charge is 2.07. The molecule has 0 unspecified atom stereocenters. The fourth-order valence-corrected chi connectivity index (χ4v) is 1.81. The molecule has 0 heterocycles. The monoisotopic (exact) mass is 280 g/mol. The van der Waals surface area contributed by atoms with E-state index in [1.54, 1.807) is 36.4 Å². The van der Waals surface area contributed by atoms with Crippen LogP contribution in [0.1, 0.15) is 11.1 Å². The number of non-ortho nitro benzene ring substituents is 1. The van der Waals surface area contributed by atoms with Crippen LogP contribution < -0.4 is 5.32 Å². The smallest absolute Gasteiger partial charge is 0.269 e. The Morgan fingerprint density at radius 1 is 1.24 bits per heavy atom. The first-order valence-corrected chi connectivity index (χ1v) is 6.18. The van der Waals surface area contributed by atoms with Gasteiger partial charge in [-0.15, -0.1) is 6.42 Å². The first-order chi connectivity index (χ1) is 10.1. The number of nitro groups is 1. The van der Waals surface area contributed by atoms with Crippen LogP contribution in [0, 0.1) is 22.5 Å². The van der Waals surface area contributed by atoms with Crippen molar-refractivity contribution < 1.29 is 9.72 Å². The quantitative estimate of drug-likeness (QED) is 0.531. The molecule has 0 radical (unpaired) electrons. The highest BCUT2D eigenvalue weighted by molar-refractivity contribution is 5.92. The van der Waals surface area contributed by atoms with Gasteiger partial charge in [-0.25, -0.2) is 0 Å². The number of hydrogen-bond acceptors (Lipinski definition) is 3. The average molecular weight is 280 g/mol. The second-order valence-electron chi connectivity index (χ2n) is 4.37. The Balaban J connectivity index is 2.01. The average Bonchev–Trinajstić information content (AvgIpc) is 2.47. The number of nitro benzene ring substituents is 1. The summed E-state index contributed by atoms with van der Waals surface area (Å²) >= 11 is 0. The molecule has 0 atom stereocenters. The molecule has 0 spiro atoms. The number of benzene rings is 2. The van der Waals surface area contributed by atoms with Gasteiger partial charge in [0.1, 0.15) is 0 Å². The summed E-state index contributed by atoms with van der Waals surface area (Å²) in [5.74, 6) is 2.28. The number of nitrogens with zero attached hydrogens (tertiary/aromatic N) is 1. The zero-order valence-corrected chi connectivity index (χ0v) is 11.1. The second-order valence-corrected chi connectivity index (χ2v) is 4.37. The number of amides is 1. The Kier molecular flexibility index (Phi) is 4.32. The van der Waals surface area contributed by atoms with Gasteiger partial charge in [-0.3, -0.25) is 14.9 Å². The van der Waals surface area contributed by atoms with Crippen LogP contribution in [-0.2, 0) is 11.2 Å². The summed E-state index contributed by atoms with van der Waals surface area (Å²) < 4.78 is 0. The van der Waals surface area contributed by atoms with Gasteiger partial charge in [0.15, 0.2) is 0 Å². The molecule has 21 heavy (non-hydrogen) atoms. The third kappa shape index (κ3) is 3.91. The molecule has 0 aromatic heterocycles. The van der Waals surface area contributed by atoms with E-state index in [1.165, 1.54) is 12.1 Å². The first kappa shape index (κ1) is 14.3. The molecule has 1 N–H and O–H groups in total. The fraction of sp³-hybridized carbons (Fsp3) is 0.0625. The summed E-state index contributed by atoms with van der Waals surface area (Å²) in [6, 6.07) is 12.9. The van der Waals surface area contributed by atoms with Gasteiger partial charge in [0.2, 0.25) is 5.91 Å². The molecule has 0 aliphatic rings. The highest BCUT2D eigenvalue weighted by atomic mass is 16.6. The van der Waals surface area contributed by atoms with Crippen molar-refractivity contribution in [3.63, 3.8) is 0 Å². The van der Waals surface area contributed by atoms with Crippen LogP contribution in [0.25, 0.3) is 0 Å². The van der Waals surface area contributed by atoms with Gasteiger partial charge in [0, 0.05) is 23.4 Å². The summed E-state index contributed by atoms with van der Waals surface area (Å²) in [4.78, 5) is 22.0. The largest absolute Gasteiger partial charge is 0.326 e. The van der Waals surface area contributed by atoms with Gasteiger partial charge in [-0.1, -0.05) is 24.1 Å². The van der Waals surface area contributed by atoms with Gasteiger partial charge in [-0.05, 0) is 23.8 Å². The van der Waals surface area contributed by atoms with E-state index < -0.39 is 4.92 Å². The lowest BCUT2D eigenvalue weighted by Crippen LogP contribution is -2.14. The van der Waals surface area contributed by atoms with E-state index in [4.69, 9.17) is 6.42 Å². The van der Waals surface area contributed by atoms with E-state index in [9.17, 15) is 14.9 Å². The van der Waals surface area contributed by atoms with E-state index in [0.717, 1.165) is 0 Å². The van der Waals surface area contributed by atoms with Crippen LogP contribution in [0.2, 0.25) is 0 Å². The molecule has 5 nitrogen and oxygen atoms in total. The predicted octanol–water partition coefficient (Wildman–Crippen LogP) is 2.76. The number of anilines is 1. The number of terminal acetylenes is 1. The lowest BCUT2D eigenvalue weighted by Gasteiger charge is -2.05. The molecule has 2 rings (SSSR count). The van der Waals surface area contributed by atoms with Crippen LogP contribution in [0.4, 0.5) is 11.4 Å². The molecule has 0 aliphatic carbocycles. The van der Waals surface area contributed by atoms with E-state index in [1.807, 2.05) is 0 Å². The molecule has 1 amide bonds. The zero-order chi connectivity index (χ0) is 15.2. The van der Waals surface area contributed by atoms with Crippen molar-refractivity contribution in [3.8, 4) is 12.3 Å². The van der Waals surface area contributed by atoms with Crippen molar-refractivity contribution in [2.75, 3.05) is 5.32 Å². The Morgan fingerprint density at radius 3 is 2.57 bits per heavy atom. The van der Waals surface area contributed by atoms with E-state index >= 15 is 0 Å². The van der Waals surface area contributed by atoms with Gasteiger partial charge in [0.25, 0.3) is 5.69 Å². The highest BCUT2D eigenvalue weighted by Crippen LogP contribution is 2.14. The number of hydrogen-bond donors (Lipinski definition) is 1. The molecule has 0 aliphatic heterocycles. The van der Waals surface area contributed by atoms with Gasteiger partial charge < -0.3 is 5.32 Å². The summed E-state index contributed by atoms with van der Waals surface area (Å²) in [7, 11) is 0. The van der Waals surface area contributed by atoms with E-state index in [-0.39, 0.29) is 18.0 Å². The van der Waals surface area contributed by atoms with E-state index in [0.29, 0.717) is 16.8 Å². The lowest BCUT2D eigenvalue weighted by molar-refractivity contribution is -0.384. The van der Waals surface area contributed by atoms with Crippen LogP contribution in [-0.4, -0.2) is 10.8 Å². The van der Waals surface area contributed by atoms with Gasteiger partial charge in [0.05, 0.1) is 11.3 Å². The first-order valence-electron chi connectivity index (χ1n) is 6.18. The lowest BCUT2D eigenvalue weighted by atomic mass is 10.1. The van der Waals surface area contributed by atoms with Crippen LogP contribution in [0.15, 0.2) is 48.5 Å². The minimum Gasteiger partial charge on any atom is -0.326 e. The minimum absolute atomic E-state index is 0.000814. The second kappa shape index (κ2) is 6.35. The summed E-state index contributed by atoms with van der Waals surface area (Å²) in [5, 5.41) is 13.3. The van der Waals surface area contributed by atoms with Crippen molar-refractivity contribution >= 4 is 17.3 Å². The maximum Gasteiger partial charge on any atom is 0.269 e. The predicted molar refractivity (Wildman–Crippen MR) is 79.8 cm³/mol. The van der Waals surface area contributed by atoms with Crippen molar-refractivity contribution in [1.29, 1.82) is 0 Å². The molecule has 104 valence electrons. The third-order valence-electron chi connectivity index (χ3n) is 2.82. The molecule has 0 bridgehead atoms. The van der Waals surface area contributed by atoms with Crippen molar-refractivity contribution in [3.05, 3.63) is 69.8 Å². The number of rotatable bonds is 4. The third-order valence-corrected chi connectivity index (χ3v) is 2.82. The number of carbonyl (C=O) groups excluding carboxylic acids is 1. The van der Waals surface area contributed by atoms with E-state index in [2.05, 4.69) is 11.2 Å². The van der Waals surface area contributed by atoms with Crippen LogP contribution in [0.3, 0.4) is 0 Å². The van der Waals surface area contributed by atoms with Crippen molar-refractivity contribution in [1.82, 2.24) is 0 Å². The molecular formula is C16H12N2O3. The molecule has 0 fully saturated rings. The molecule has 0 saturated heterocycles. The molecule has 2 aromatic rings. The maximum absolute atomic E-state index is 11.9. The summed E-state index contributed by atoms with van der Waals surface area (Å²) in [6.45, 7) is 0. The standard InChI is InChI=1S/C16H12N2O3/c1-2-12-4-3-5-14(10-12)17-16(19)11-13-6-8-15(9-7-13)18(20)21/h1,3-10H,11H2,(H,17,19). The van der Waals surface area contributed by atoms with Crippen LogP contribution in [0.5, 0.6) is 0 Å². The molecule has 5 heteroatoms. The Morgan fingerprint density at radius 2 is 1.95 bits per heavy atom. The Bertz CT molecular complexity index is 715. The topological polar surface area (TPSA) is 72.2 Å². The summed E-state index contributed by atoms with van der Waals surface area (Å²) in [6.07, 6.45) is 5.43. The van der Waals surface area contributed by atoms with Gasteiger partial charge in [-0.2, -0.15) is 0 Å². The van der Waals surface area contributed by atoms with Crippen molar-refractivity contribution in [2.24, 2.45) is 0 Å². The summed E-state index contributed by atoms with van der Waals surface area (Å²) in [5.41, 5.74) is 2.01. The zero-order valence-electron chi connectivity index (χ0n) is 11.1. The molecular weight excluding hydrogens is 268 g/mol. The SMILES string of the molecule is C#Cc1cccc(NC(=O)Cc2ccc([N+](=O)[O-])cc2)c1. The molecule has 0 saturated carbocycles. The van der Waals surface area contributed by atoms with Crippen LogP contribution >= 0.6 is 0 Å². The Hall–Kier alpha value is -3.13. The molecule has 2 aromatic carbocycles. The minimum atomic E-state index is -0.477. The van der Waals surface area contributed by atoms with Crippen molar-refractivity contribution in [2.45, 2.75) is 6.42 Å². The number of nitrogens with one attached hydrogen (secondary N) is 1. The number of carbonyl (C=O) groups is 1. The maximum atomic E-state index is 11.9. The normalized spacial score (nSPS) is 9.67. The Labute approximate surface area is 121 Å².